The normalized spacial score (nSPS) is 20.6. The molecule has 1 aromatic carbocycles. The number of benzene rings is 1. The Labute approximate surface area is 122 Å². The highest BCUT2D eigenvalue weighted by atomic mass is 32.2. The van der Waals surface area contributed by atoms with Crippen LogP contribution in [0.1, 0.15) is 41.8 Å². The second-order valence-corrected chi connectivity index (χ2v) is 6.60. The minimum Gasteiger partial charge on any atom is -0.324 e. The zero-order valence-corrected chi connectivity index (χ0v) is 12.1. The van der Waals surface area contributed by atoms with E-state index in [1.165, 1.54) is 30.4 Å². The van der Waals surface area contributed by atoms with Gasteiger partial charge in [-0.15, -0.1) is 10.2 Å². The Morgan fingerprint density at radius 1 is 1.25 bits per heavy atom. The standard InChI is InChI=1S/C15H18N4S/c16-8-14-17-18-15(19(14)12-5-6-12)20-9-11-7-10-3-1-2-4-13(10)11/h1-4,11-12H,5-9,16H2. The third kappa shape index (κ3) is 2.05. The first-order chi connectivity index (χ1) is 9.86. The number of nitrogens with zero attached hydrogens (tertiary/aromatic N) is 3. The van der Waals surface area contributed by atoms with Gasteiger partial charge in [-0.2, -0.15) is 0 Å². The van der Waals surface area contributed by atoms with Gasteiger partial charge in [-0.1, -0.05) is 36.0 Å². The van der Waals surface area contributed by atoms with E-state index in [2.05, 4.69) is 39.0 Å². The molecule has 4 rings (SSSR count). The van der Waals surface area contributed by atoms with E-state index in [0.29, 0.717) is 18.5 Å². The van der Waals surface area contributed by atoms with E-state index in [4.69, 9.17) is 5.73 Å². The maximum Gasteiger partial charge on any atom is 0.191 e. The molecule has 1 aromatic heterocycles. The Hall–Kier alpha value is -1.33. The fourth-order valence-corrected chi connectivity index (χ4v) is 4.07. The minimum absolute atomic E-state index is 0.482. The highest BCUT2D eigenvalue weighted by Crippen LogP contribution is 2.41. The summed E-state index contributed by atoms with van der Waals surface area (Å²) >= 11 is 1.83. The van der Waals surface area contributed by atoms with Crippen LogP contribution < -0.4 is 5.73 Å². The lowest BCUT2D eigenvalue weighted by molar-refractivity contribution is 0.623. The Kier molecular flexibility index (Phi) is 3.04. The Morgan fingerprint density at radius 2 is 2.10 bits per heavy atom. The van der Waals surface area contributed by atoms with Crippen molar-refractivity contribution in [3.05, 3.63) is 41.2 Å². The second-order valence-electron chi connectivity index (χ2n) is 5.61. The van der Waals surface area contributed by atoms with Crippen molar-refractivity contribution >= 4 is 11.8 Å². The van der Waals surface area contributed by atoms with Crippen molar-refractivity contribution in [2.45, 2.75) is 42.9 Å². The predicted molar refractivity (Wildman–Crippen MR) is 79.8 cm³/mol. The van der Waals surface area contributed by atoms with Gasteiger partial charge in [-0.05, 0) is 36.3 Å². The van der Waals surface area contributed by atoms with Crippen molar-refractivity contribution in [3.8, 4) is 0 Å². The molecule has 1 saturated carbocycles. The quantitative estimate of drug-likeness (QED) is 0.858. The zero-order valence-electron chi connectivity index (χ0n) is 11.3. The molecule has 4 nitrogen and oxygen atoms in total. The molecule has 2 aliphatic rings. The third-order valence-corrected chi connectivity index (χ3v) is 5.31. The fourth-order valence-electron chi connectivity index (χ4n) is 2.93. The minimum atomic E-state index is 0.482. The van der Waals surface area contributed by atoms with Crippen molar-refractivity contribution in [2.24, 2.45) is 5.73 Å². The first kappa shape index (κ1) is 12.4. The van der Waals surface area contributed by atoms with E-state index in [0.717, 1.165) is 16.7 Å². The van der Waals surface area contributed by atoms with Gasteiger partial charge in [0.25, 0.3) is 0 Å². The molecule has 2 aromatic rings. The first-order valence-electron chi connectivity index (χ1n) is 7.21. The number of fused-ring (bicyclic) bond motifs is 1. The van der Waals surface area contributed by atoms with Crippen molar-refractivity contribution in [3.63, 3.8) is 0 Å². The molecular weight excluding hydrogens is 268 g/mol. The van der Waals surface area contributed by atoms with Gasteiger partial charge >= 0.3 is 0 Å². The van der Waals surface area contributed by atoms with E-state index in [-0.39, 0.29) is 0 Å². The summed E-state index contributed by atoms with van der Waals surface area (Å²) in [5.74, 6) is 2.69. The summed E-state index contributed by atoms with van der Waals surface area (Å²) in [6.45, 7) is 0.482. The molecule has 0 radical (unpaired) electrons. The largest absolute Gasteiger partial charge is 0.324 e. The van der Waals surface area contributed by atoms with Crippen LogP contribution in [0.2, 0.25) is 0 Å². The molecule has 0 bridgehead atoms. The van der Waals surface area contributed by atoms with E-state index in [1.54, 1.807) is 0 Å². The average Bonchev–Trinajstić information content (AvgIpc) is 3.20. The predicted octanol–water partition coefficient (Wildman–Crippen LogP) is 2.50. The average molecular weight is 286 g/mol. The lowest BCUT2D eigenvalue weighted by atomic mass is 9.79. The summed E-state index contributed by atoms with van der Waals surface area (Å²) in [5, 5.41) is 9.61. The maximum atomic E-state index is 5.75. The first-order valence-corrected chi connectivity index (χ1v) is 8.20. The summed E-state index contributed by atoms with van der Waals surface area (Å²) in [6, 6.07) is 9.34. The molecule has 2 aliphatic carbocycles. The van der Waals surface area contributed by atoms with Gasteiger partial charge in [0.15, 0.2) is 5.16 Å². The number of hydrogen-bond acceptors (Lipinski definition) is 4. The smallest absolute Gasteiger partial charge is 0.191 e. The Morgan fingerprint density at radius 3 is 2.85 bits per heavy atom. The molecule has 0 spiro atoms. The highest BCUT2D eigenvalue weighted by Gasteiger charge is 2.31. The van der Waals surface area contributed by atoms with Gasteiger partial charge < -0.3 is 10.3 Å². The molecule has 104 valence electrons. The molecule has 2 N–H and O–H groups in total. The van der Waals surface area contributed by atoms with Crippen LogP contribution in [0.4, 0.5) is 0 Å². The molecule has 5 heteroatoms. The molecule has 1 atom stereocenters. The van der Waals surface area contributed by atoms with E-state index >= 15 is 0 Å². The summed E-state index contributed by atoms with van der Waals surface area (Å²) in [4.78, 5) is 0. The molecule has 1 heterocycles. The molecular formula is C15H18N4S. The van der Waals surface area contributed by atoms with Crippen LogP contribution in [0.25, 0.3) is 0 Å². The molecule has 1 fully saturated rings. The van der Waals surface area contributed by atoms with Crippen molar-refractivity contribution in [2.75, 3.05) is 5.75 Å². The lowest BCUT2D eigenvalue weighted by Crippen LogP contribution is -2.19. The maximum absolute atomic E-state index is 5.75. The van der Waals surface area contributed by atoms with Crippen LogP contribution in [0.15, 0.2) is 29.4 Å². The van der Waals surface area contributed by atoms with E-state index in [9.17, 15) is 0 Å². The lowest BCUT2D eigenvalue weighted by Gasteiger charge is -2.29. The van der Waals surface area contributed by atoms with Gasteiger partial charge in [0, 0.05) is 11.8 Å². The molecule has 0 saturated heterocycles. The van der Waals surface area contributed by atoms with Crippen LogP contribution in [-0.4, -0.2) is 20.5 Å². The molecule has 0 aliphatic heterocycles. The van der Waals surface area contributed by atoms with E-state index in [1.807, 2.05) is 11.8 Å². The molecule has 20 heavy (non-hydrogen) atoms. The topological polar surface area (TPSA) is 56.7 Å². The Balaban J connectivity index is 1.47. The zero-order chi connectivity index (χ0) is 13.5. The third-order valence-electron chi connectivity index (χ3n) is 4.20. The van der Waals surface area contributed by atoms with Crippen LogP contribution in [0, 0.1) is 0 Å². The van der Waals surface area contributed by atoms with Crippen LogP contribution >= 0.6 is 11.8 Å². The molecule has 0 amide bonds. The van der Waals surface area contributed by atoms with Crippen molar-refractivity contribution in [1.82, 2.24) is 14.8 Å². The van der Waals surface area contributed by atoms with Crippen molar-refractivity contribution < 1.29 is 0 Å². The van der Waals surface area contributed by atoms with Crippen LogP contribution in [-0.2, 0) is 13.0 Å². The summed E-state index contributed by atoms with van der Waals surface area (Å²) in [7, 11) is 0. The summed E-state index contributed by atoms with van der Waals surface area (Å²) < 4.78 is 2.26. The summed E-state index contributed by atoms with van der Waals surface area (Å²) in [6.07, 6.45) is 3.68. The van der Waals surface area contributed by atoms with Crippen molar-refractivity contribution in [1.29, 1.82) is 0 Å². The van der Waals surface area contributed by atoms with Gasteiger partial charge in [-0.3, -0.25) is 0 Å². The number of rotatable bonds is 5. The van der Waals surface area contributed by atoms with Gasteiger partial charge in [0.05, 0.1) is 6.54 Å². The molecule has 1 unspecified atom stereocenters. The number of aromatic nitrogens is 3. The van der Waals surface area contributed by atoms with Crippen LogP contribution in [0.5, 0.6) is 0 Å². The number of thioether (sulfide) groups is 1. The van der Waals surface area contributed by atoms with Gasteiger partial charge in [0.1, 0.15) is 5.82 Å². The van der Waals surface area contributed by atoms with Gasteiger partial charge in [-0.25, -0.2) is 0 Å². The van der Waals surface area contributed by atoms with Gasteiger partial charge in [0.2, 0.25) is 0 Å². The summed E-state index contributed by atoms with van der Waals surface area (Å²) in [5.41, 5.74) is 8.77. The van der Waals surface area contributed by atoms with Crippen LogP contribution in [0.3, 0.4) is 0 Å². The highest BCUT2D eigenvalue weighted by molar-refractivity contribution is 7.99. The fraction of sp³-hybridized carbons (Fsp3) is 0.467. The SMILES string of the molecule is NCc1nnc(SCC2Cc3ccccc32)n1C1CC1. The number of nitrogens with two attached hydrogens (primary N) is 1. The number of hydrogen-bond donors (Lipinski definition) is 1. The van der Waals surface area contributed by atoms with E-state index < -0.39 is 0 Å². The second kappa shape index (κ2) is 4.90. The Bertz CT molecular complexity index is 633. The monoisotopic (exact) mass is 286 g/mol.